The van der Waals surface area contributed by atoms with Gasteiger partial charge in [-0.25, -0.2) is 0 Å². The second-order valence-corrected chi connectivity index (χ2v) is 5.35. The number of benzene rings is 2. The van der Waals surface area contributed by atoms with Gasteiger partial charge >= 0.3 is 0 Å². The third-order valence-corrected chi connectivity index (χ3v) is 4.00. The maximum Gasteiger partial charge on any atom is 0.0595 e. The lowest BCUT2D eigenvalue weighted by Crippen LogP contribution is -2.17. The van der Waals surface area contributed by atoms with Gasteiger partial charge in [-0.15, -0.1) is 0 Å². The molecular weight excluding hydrogens is 277 g/mol. The van der Waals surface area contributed by atoms with E-state index in [1.165, 1.54) is 11.1 Å². The molecule has 2 aromatic rings. The van der Waals surface area contributed by atoms with Gasteiger partial charge in [0.1, 0.15) is 0 Å². The van der Waals surface area contributed by atoms with Crippen molar-refractivity contribution in [2.75, 3.05) is 7.05 Å². The van der Waals surface area contributed by atoms with Crippen molar-refractivity contribution in [1.82, 2.24) is 5.32 Å². The van der Waals surface area contributed by atoms with Crippen molar-refractivity contribution in [3.63, 3.8) is 0 Å². The fraction of sp³-hybridized carbons (Fsp3) is 0.250. The maximum absolute atomic E-state index is 6.07. The number of hydrogen-bond acceptors (Lipinski definition) is 1. The summed E-state index contributed by atoms with van der Waals surface area (Å²) in [7, 11) is 1.97. The SMILES string of the molecule is CNC(CCc1ccccc1)c1ccc(Cl)c(Cl)c1. The van der Waals surface area contributed by atoms with Crippen molar-refractivity contribution in [3.8, 4) is 0 Å². The van der Waals surface area contributed by atoms with E-state index in [1.54, 1.807) is 0 Å². The summed E-state index contributed by atoms with van der Waals surface area (Å²) in [4.78, 5) is 0. The highest BCUT2D eigenvalue weighted by Gasteiger charge is 2.10. The molecular formula is C16H17Cl2N. The molecule has 1 atom stereocenters. The fourth-order valence-corrected chi connectivity index (χ4v) is 2.47. The Kier molecular flexibility index (Phi) is 5.26. The van der Waals surface area contributed by atoms with E-state index in [1.807, 2.05) is 31.3 Å². The van der Waals surface area contributed by atoms with E-state index in [4.69, 9.17) is 23.2 Å². The molecule has 0 amide bonds. The summed E-state index contributed by atoms with van der Waals surface area (Å²) in [6.07, 6.45) is 2.06. The standard InChI is InChI=1S/C16H17Cl2N/c1-19-16(10-7-12-5-3-2-4-6-12)13-8-9-14(17)15(18)11-13/h2-6,8-9,11,16,19H,7,10H2,1H3. The van der Waals surface area contributed by atoms with Crippen molar-refractivity contribution < 1.29 is 0 Å². The largest absolute Gasteiger partial charge is 0.313 e. The van der Waals surface area contributed by atoms with Crippen molar-refractivity contribution >= 4 is 23.2 Å². The van der Waals surface area contributed by atoms with Crippen LogP contribution in [0, 0.1) is 0 Å². The molecule has 0 fully saturated rings. The Hall–Kier alpha value is -1.02. The van der Waals surface area contributed by atoms with Gasteiger partial charge in [0, 0.05) is 6.04 Å². The Labute approximate surface area is 124 Å². The Morgan fingerprint density at radius 1 is 1.00 bits per heavy atom. The molecule has 1 unspecified atom stereocenters. The first kappa shape index (κ1) is 14.4. The minimum Gasteiger partial charge on any atom is -0.313 e. The Bertz CT molecular complexity index is 526. The molecule has 0 radical (unpaired) electrons. The number of aryl methyl sites for hydroxylation is 1. The molecule has 100 valence electrons. The molecule has 1 nitrogen and oxygen atoms in total. The molecule has 2 aromatic carbocycles. The molecule has 3 heteroatoms. The monoisotopic (exact) mass is 293 g/mol. The normalized spacial score (nSPS) is 12.4. The van der Waals surface area contributed by atoms with E-state index in [9.17, 15) is 0 Å². The Morgan fingerprint density at radius 2 is 1.74 bits per heavy atom. The third kappa shape index (κ3) is 3.97. The first-order valence-corrected chi connectivity index (χ1v) is 7.12. The highest BCUT2D eigenvalue weighted by Crippen LogP contribution is 2.27. The topological polar surface area (TPSA) is 12.0 Å². The van der Waals surface area contributed by atoms with Crippen molar-refractivity contribution in [1.29, 1.82) is 0 Å². The van der Waals surface area contributed by atoms with Crippen LogP contribution in [0.4, 0.5) is 0 Å². The quantitative estimate of drug-likeness (QED) is 0.828. The van der Waals surface area contributed by atoms with Gasteiger partial charge in [0.25, 0.3) is 0 Å². The van der Waals surface area contributed by atoms with Crippen LogP contribution in [0.3, 0.4) is 0 Å². The maximum atomic E-state index is 6.07. The summed E-state index contributed by atoms with van der Waals surface area (Å²) in [5, 5.41) is 4.54. The summed E-state index contributed by atoms with van der Waals surface area (Å²) >= 11 is 12.0. The molecule has 0 spiro atoms. The summed E-state index contributed by atoms with van der Waals surface area (Å²) in [6, 6.07) is 16.6. The highest BCUT2D eigenvalue weighted by atomic mass is 35.5. The van der Waals surface area contributed by atoms with Crippen LogP contribution < -0.4 is 5.32 Å². The van der Waals surface area contributed by atoms with Crippen LogP contribution in [0.5, 0.6) is 0 Å². The molecule has 0 saturated carbocycles. The van der Waals surface area contributed by atoms with Crippen LogP contribution in [0.1, 0.15) is 23.6 Å². The van der Waals surface area contributed by atoms with E-state index in [2.05, 4.69) is 29.6 Å². The molecule has 19 heavy (non-hydrogen) atoms. The first-order valence-electron chi connectivity index (χ1n) is 6.37. The highest BCUT2D eigenvalue weighted by molar-refractivity contribution is 6.42. The summed E-state index contributed by atoms with van der Waals surface area (Å²) in [5.74, 6) is 0. The lowest BCUT2D eigenvalue weighted by Gasteiger charge is -2.17. The second-order valence-electron chi connectivity index (χ2n) is 4.54. The zero-order valence-electron chi connectivity index (χ0n) is 10.9. The van der Waals surface area contributed by atoms with E-state index >= 15 is 0 Å². The van der Waals surface area contributed by atoms with Gasteiger partial charge in [0.2, 0.25) is 0 Å². The molecule has 0 heterocycles. The fourth-order valence-electron chi connectivity index (χ4n) is 2.16. The molecule has 2 rings (SSSR count). The summed E-state index contributed by atoms with van der Waals surface area (Å²) < 4.78 is 0. The zero-order valence-corrected chi connectivity index (χ0v) is 12.4. The van der Waals surface area contributed by atoms with Gasteiger partial charge in [-0.1, -0.05) is 59.6 Å². The van der Waals surface area contributed by atoms with Crippen LogP contribution >= 0.6 is 23.2 Å². The lowest BCUT2D eigenvalue weighted by molar-refractivity contribution is 0.549. The predicted molar refractivity (Wildman–Crippen MR) is 83.0 cm³/mol. The van der Waals surface area contributed by atoms with Crippen LogP contribution in [0.2, 0.25) is 10.0 Å². The van der Waals surface area contributed by atoms with E-state index in [0.29, 0.717) is 10.0 Å². The van der Waals surface area contributed by atoms with Crippen LogP contribution in [0.25, 0.3) is 0 Å². The van der Waals surface area contributed by atoms with E-state index in [0.717, 1.165) is 12.8 Å². The van der Waals surface area contributed by atoms with Crippen LogP contribution in [0.15, 0.2) is 48.5 Å². The van der Waals surface area contributed by atoms with Gasteiger partial charge in [0.15, 0.2) is 0 Å². The first-order chi connectivity index (χ1) is 9.20. The van der Waals surface area contributed by atoms with Gasteiger partial charge in [-0.3, -0.25) is 0 Å². The van der Waals surface area contributed by atoms with Crippen molar-refractivity contribution in [2.24, 2.45) is 0 Å². The van der Waals surface area contributed by atoms with Crippen molar-refractivity contribution in [2.45, 2.75) is 18.9 Å². The molecule has 0 bridgehead atoms. The summed E-state index contributed by atoms with van der Waals surface area (Å²) in [6.45, 7) is 0. The Morgan fingerprint density at radius 3 is 2.37 bits per heavy atom. The van der Waals surface area contributed by atoms with Gasteiger partial charge < -0.3 is 5.32 Å². The van der Waals surface area contributed by atoms with Crippen molar-refractivity contribution in [3.05, 3.63) is 69.7 Å². The van der Waals surface area contributed by atoms with E-state index in [-0.39, 0.29) is 6.04 Å². The smallest absolute Gasteiger partial charge is 0.0595 e. The zero-order chi connectivity index (χ0) is 13.7. The average Bonchev–Trinajstić information content (AvgIpc) is 2.44. The minimum absolute atomic E-state index is 0.287. The molecule has 0 saturated heterocycles. The average molecular weight is 294 g/mol. The molecule has 0 aliphatic heterocycles. The number of rotatable bonds is 5. The number of nitrogens with one attached hydrogen (secondary N) is 1. The number of hydrogen-bond donors (Lipinski definition) is 1. The molecule has 0 aromatic heterocycles. The molecule has 0 aliphatic carbocycles. The third-order valence-electron chi connectivity index (χ3n) is 3.26. The second kappa shape index (κ2) is 6.95. The van der Waals surface area contributed by atoms with Gasteiger partial charge in [-0.2, -0.15) is 0 Å². The van der Waals surface area contributed by atoms with Crippen LogP contribution in [-0.4, -0.2) is 7.05 Å². The van der Waals surface area contributed by atoms with Crippen LogP contribution in [-0.2, 0) is 6.42 Å². The number of halogens is 2. The van der Waals surface area contributed by atoms with Gasteiger partial charge in [-0.05, 0) is 43.1 Å². The minimum atomic E-state index is 0.287. The van der Waals surface area contributed by atoms with E-state index < -0.39 is 0 Å². The lowest BCUT2D eigenvalue weighted by atomic mass is 9.99. The Balaban J connectivity index is 2.05. The predicted octanol–water partition coefficient (Wildman–Crippen LogP) is 4.89. The molecule has 1 N–H and O–H groups in total. The van der Waals surface area contributed by atoms with Gasteiger partial charge in [0.05, 0.1) is 10.0 Å². The molecule has 0 aliphatic rings. The summed E-state index contributed by atoms with van der Waals surface area (Å²) in [5.41, 5.74) is 2.52.